The smallest absolute Gasteiger partial charge is 0.200 e. The van der Waals surface area contributed by atoms with Gasteiger partial charge in [0.15, 0.2) is 23.9 Å². The molecule has 0 N–H and O–H groups in total. The molecule has 0 aromatic heterocycles. The molecule has 6 nitrogen and oxygen atoms in total. The molecule has 0 bridgehead atoms. The van der Waals surface area contributed by atoms with Crippen molar-refractivity contribution in [3.63, 3.8) is 0 Å². The van der Waals surface area contributed by atoms with Gasteiger partial charge in [-0.05, 0) is 97.2 Å². The van der Waals surface area contributed by atoms with Crippen molar-refractivity contribution in [2.45, 2.75) is 33.1 Å². The molecule has 236 valence electrons. The molecule has 4 aromatic carbocycles. The Morgan fingerprint density at radius 1 is 0.667 bits per heavy atom. The van der Waals surface area contributed by atoms with Gasteiger partial charge < -0.3 is 23.8 Å². The molecular weight excluding hydrogens is 562 g/mol. The predicted molar refractivity (Wildman–Crippen MR) is 183 cm³/mol. The van der Waals surface area contributed by atoms with E-state index in [4.69, 9.17) is 18.9 Å². The average molecular weight is 608 g/mol. The van der Waals surface area contributed by atoms with Gasteiger partial charge in [-0.3, -0.25) is 4.79 Å². The van der Waals surface area contributed by atoms with Gasteiger partial charge >= 0.3 is 0 Å². The van der Waals surface area contributed by atoms with Gasteiger partial charge in [0.25, 0.3) is 0 Å². The maximum absolute atomic E-state index is 13.0. The zero-order chi connectivity index (χ0) is 32.0. The number of allylic oxidation sites excluding steroid dienone is 1. The van der Waals surface area contributed by atoms with E-state index in [-0.39, 0.29) is 12.4 Å². The molecule has 0 saturated carbocycles. The average Bonchev–Trinajstić information content (AvgIpc) is 3.07. The molecule has 0 amide bonds. The summed E-state index contributed by atoms with van der Waals surface area (Å²) in [6.07, 6.45) is 2.86. The van der Waals surface area contributed by atoms with E-state index in [2.05, 4.69) is 67.3 Å². The predicted octanol–water partition coefficient (Wildman–Crippen LogP) is 8.45. The molecule has 0 aliphatic carbocycles. The van der Waals surface area contributed by atoms with E-state index in [9.17, 15) is 4.79 Å². The molecule has 0 unspecified atom stereocenters. The van der Waals surface area contributed by atoms with Crippen LogP contribution >= 0.6 is 0 Å². The van der Waals surface area contributed by atoms with Crippen molar-refractivity contribution in [2.75, 3.05) is 47.6 Å². The topological polar surface area (TPSA) is 57.2 Å². The highest BCUT2D eigenvalue weighted by atomic mass is 16.5. The minimum absolute atomic E-state index is 0.0826. The van der Waals surface area contributed by atoms with Crippen LogP contribution in [0.5, 0.6) is 23.0 Å². The second kappa shape index (κ2) is 17.1. The van der Waals surface area contributed by atoms with Gasteiger partial charge in [-0.1, -0.05) is 74.9 Å². The lowest BCUT2D eigenvalue weighted by molar-refractivity contribution is 0.0921. The summed E-state index contributed by atoms with van der Waals surface area (Å²) in [5.74, 6) is 2.52. The molecule has 45 heavy (non-hydrogen) atoms. The highest BCUT2D eigenvalue weighted by Crippen LogP contribution is 2.36. The first-order valence-electron chi connectivity index (χ1n) is 15.7. The number of Topliss-reactive ketones (excluding diaryl/α,β-unsaturated/α-hetero) is 1. The van der Waals surface area contributed by atoms with Crippen LogP contribution in [0.4, 0.5) is 0 Å². The number of carbonyl (C=O) groups excluding carboxylic acids is 1. The summed E-state index contributed by atoms with van der Waals surface area (Å²) in [6, 6.07) is 32.0. The number of rotatable bonds is 17. The maximum atomic E-state index is 13.0. The van der Waals surface area contributed by atoms with Crippen molar-refractivity contribution in [3.8, 4) is 23.0 Å². The lowest BCUT2D eigenvalue weighted by Crippen LogP contribution is -2.19. The van der Waals surface area contributed by atoms with E-state index in [1.165, 1.54) is 11.1 Å². The number of benzene rings is 4. The van der Waals surface area contributed by atoms with Crippen LogP contribution in [0.15, 0.2) is 97.1 Å². The number of nitrogens with zero attached hydrogens (tertiary/aromatic N) is 1. The maximum Gasteiger partial charge on any atom is 0.200 e. The molecule has 0 saturated heterocycles. The fourth-order valence-corrected chi connectivity index (χ4v) is 4.98. The van der Waals surface area contributed by atoms with Gasteiger partial charge in [-0.15, -0.1) is 0 Å². The number of hydrogen-bond donors (Lipinski definition) is 0. The first-order chi connectivity index (χ1) is 21.9. The van der Waals surface area contributed by atoms with E-state index in [1.807, 2.05) is 44.4 Å². The van der Waals surface area contributed by atoms with Crippen LogP contribution in [0.3, 0.4) is 0 Å². The van der Waals surface area contributed by atoms with E-state index >= 15 is 0 Å². The molecule has 4 aromatic rings. The van der Waals surface area contributed by atoms with Gasteiger partial charge in [-0.25, -0.2) is 0 Å². The Morgan fingerprint density at radius 3 is 1.87 bits per heavy atom. The number of unbranched alkanes of at least 4 members (excludes halogenated alkanes) is 1. The van der Waals surface area contributed by atoms with Crippen molar-refractivity contribution >= 4 is 16.9 Å². The van der Waals surface area contributed by atoms with E-state index in [0.29, 0.717) is 36.0 Å². The fraction of sp³-hybridized carbons (Fsp3) is 0.308. The quantitative estimate of drug-likeness (QED) is 0.0682. The zero-order valence-electron chi connectivity index (χ0n) is 27.2. The van der Waals surface area contributed by atoms with Gasteiger partial charge in [0.05, 0.1) is 13.7 Å². The van der Waals surface area contributed by atoms with E-state index in [1.54, 1.807) is 25.3 Å². The number of methoxy groups -OCH3 is 1. The summed E-state index contributed by atoms with van der Waals surface area (Å²) in [7, 11) is 5.65. The van der Waals surface area contributed by atoms with Crippen molar-refractivity contribution in [1.82, 2.24) is 4.90 Å². The van der Waals surface area contributed by atoms with Crippen molar-refractivity contribution in [3.05, 3.63) is 119 Å². The van der Waals surface area contributed by atoms with Gasteiger partial charge in [-0.2, -0.15) is 0 Å². The second-order valence-corrected chi connectivity index (χ2v) is 11.1. The highest BCUT2D eigenvalue weighted by molar-refractivity contribution is 5.99. The van der Waals surface area contributed by atoms with Crippen LogP contribution in [-0.4, -0.2) is 58.3 Å². The largest absolute Gasteiger partial charge is 0.493 e. The van der Waals surface area contributed by atoms with Crippen molar-refractivity contribution < 1.29 is 23.7 Å². The van der Waals surface area contributed by atoms with Gasteiger partial charge in [0.1, 0.15) is 18.1 Å². The summed E-state index contributed by atoms with van der Waals surface area (Å²) in [5, 5.41) is 0. The van der Waals surface area contributed by atoms with Crippen molar-refractivity contribution in [2.24, 2.45) is 0 Å². The Hall–Kier alpha value is -4.55. The van der Waals surface area contributed by atoms with Crippen LogP contribution in [0.2, 0.25) is 0 Å². The van der Waals surface area contributed by atoms with Gasteiger partial charge in [0, 0.05) is 12.1 Å². The molecule has 0 radical (unpaired) electrons. The van der Waals surface area contributed by atoms with Crippen LogP contribution in [0, 0.1) is 0 Å². The molecule has 0 heterocycles. The molecule has 6 heteroatoms. The fourth-order valence-electron chi connectivity index (χ4n) is 4.98. The molecule has 4 rings (SSSR count). The van der Waals surface area contributed by atoms with Crippen LogP contribution in [-0.2, 0) is 0 Å². The number of carbonyl (C=O) groups is 1. The third-order valence-corrected chi connectivity index (χ3v) is 7.48. The Morgan fingerprint density at radius 2 is 1.29 bits per heavy atom. The first-order valence-corrected chi connectivity index (χ1v) is 15.7. The Balaban J connectivity index is 1.53. The summed E-state index contributed by atoms with van der Waals surface area (Å²) >= 11 is 0. The third kappa shape index (κ3) is 9.47. The summed E-state index contributed by atoms with van der Waals surface area (Å²) in [6.45, 7) is 6.31. The minimum Gasteiger partial charge on any atom is -0.493 e. The Labute approximate surface area is 268 Å². The van der Waals surface area contributed by atoms with Crippen LogP contribution < -0.4 is 18.9 Å². The highest BCUT2D eigenvalue weighted by Gasteiger charge is 2.15. The lowest BCUT2D eigenvalue weighted by atomic mass is 9.88. The van der Waals surface area contributed by atoms with Crippen LogP contribution in [0.1, 0.15) is 60.2 Å². The summed E-state index contributed by atoms with van der Waals surface area (Å²) in [4.78, 5) is 15.1. The molecule has 0 atom stereocenters. The standard InChI is InChI=1S/C39H45NO5/c1-6-8-25-44-37-23-18-32(27-38(37)42-5)36(41)28-45-34-21-16-31(17-22-34)39(35(7-2)29-12-10-9-11-13-29)30-14-19-33(20-15-30)43-26-24-40(3)4/h9-23,27H,6-8,24-26,28H2,1-5H3. The van der Waals surface area contributed by atoms with E-state index in [0.717, 1.165) is 48.3 Å². The zero-order valence-corrected chi connectivity index (χ0v) is 27.2. The van der Waals surface area contributed by atoms with Crippen molar-refractivity contribution in [1.29, 1.82) is 0 Å². The SMILES string of the molecule is CCCCOc1ccc(C(=O)COc2ccc(C(=C(CC)c3ccccc3)c3ccc(OCCN(C)C)cc3)cc2)cc1OC. The van der Waals surface area contributed by atoms with E-state index < -0.39 is 0 Å². The number of likely N-dealkylation sites (N-methyl/N-ethyl adjacent to an activating group) is 1. The Kier molecular flexibility index (Phi) is 12.7. The summed E-state index contributed by atoms with van der Waals surface area (Å²) in [5.41, 5.74) is 6.27. The first kappa shape index (κ1) is 33.3. The molecule has 0 fully saturated rings. The molecule has 0 aliphatic rings. The minimum atomic E-state index is -0.136. The van der Waals surface area contributed by atoms with Gasteiger partial charge in [0.2, 0.25) is 0 Å². The number of hydrogen-bond acceptors (Lipinski definition) is 6. The normalized spacial score (nSPS) is 11.6. The molecular formula is C39H45NO5. The summed E-state index contributed by atoms with van der Waals surface area (Å²) < 4.78 is 23.1. The molecule has 0 spiro atoms. The lowest BCUT2D eigenvalue weighted by Gasteiger charge is -2.17. The van der Waals surface area contributed by atoms with Crippen LogP contribution in [0.25, 0.3) is 11.1 Å². The third-order valence-electron chi connectivity index (χ3n) is 7.48. The monoisotopic (exact) mass is 607 g/mol. The Bertz CT molecular complexity index is 1530. The molecule has 0 aliphatic heterocycles. The second-order valence-electron chi connectivity index (χ2n) is 11.1. The number of ether oxygens (including phenoxy) is 4. The number of ketones is 1.